The van der Waals surface area contributed by atoms with Crippen LogP contribution in [0.5, 0.6) is 0 Å². The van der Waals surface area contributed by atoms with E-state index in [2.05, 4.69) is 10.6 Å². The highest BCUT2D eigenvalue weighted by Gasteiger charge is 2.30. The molecule has 3 rings (SSSR count). The molecule has 0 radical (unpaired) electrons. The van der Waals surface area contributed by atoms with E-state index in [1.807, 2.05) is 6.07 Å². The average Bonchev–Trinajstić information content (AvgIpc) is 2.76. The van der Waals surface area contributed by atoms with Gasteiger partial charge in [0, 0.05) is 16.9 Å². The average molecular weight is 302 g/mol. The third-order valence-corrected chi connectivity index (χ3v) is 3.57. The van der Waals surface area contributed by atoms with Gasteiger partial charge in [-0.25, -0.2) is 4.39 Å². The Morgan fingerprint density at radius 1 is 1.29 bits per heavy atom. The molecule has 4 nitrogen and oxygen atoms in total. The number of nitrogens with one attached hydrogen (secondary N) is 2. The van der Waals surface area contributed by atoms with Crippen LogP contribution in [0.1, 0.15) is 17.2 Å². The quantitative estimate of drug-likeness (QED) is 0.893. The van der Waals surface area contributed by atoms with Crippen LogP contribution >= 0.6 is 11.6 Å². The SMILES string of the molecule is N#Cc1cc(NC2C(=O)Nc3cc(F)ccc32)ccc1Cl. The van der Waals surface area contributed by atoms with Gasteiger partial charge in [-0.1, -0.05) is 17.7 Å². The fourth-order valence-electron chi connectivity index (χ4n) is 2.25. The molecule has 0 aromatic heterocycles. The van der Waals surface area contributed by atoms with Crippen LogP contribution in [0.15, 0.2) is 36.4 Å². The van der Waals surface area contributed by atoms with Gasteiger partial charge in [0.15, 0.2) is 0 Å². The monoisotopic (exact) mass is 301 g/mol. The van der Waals surface area contributed by atoms with Gasteiger partial charge >= 0.3 is 0 Å². The van der Waals surface area contributed by atoms with Crippen LogP contribution < -0.4 is 10.6 Å². The van der Waals surface area contributed by atoms with Gasteiger partial charge in [0.05, 0.1) is 10.6 Å². The van der Waals surface area contributed by atoms with Crippen molar-refractivity contribution < 1.29 is 9.18 Å². The molecule has 1 heterocycles. The summed E-state index contributed by atoms with van der Waals surface area (Å²) in [6.45, 7) is 0. The van der Waals surface area contributed by atoms with Gasteiger partial charge in [0.25, 0.3) is 5.91 Å². The predicted molar refractivity (Wildman–Crippen MR) is 77.6 cm³/mol. The molecular weight excluding hydrogens is 293 g/mol. The normalized spacial score (nSPS) is 16.0. The van der Waals surface area contributed by atoms with Crippen molar-refractivity contribution in [2.45, 2.75) is 6.04 Å². The van der Waals surface area contributed by atoms with Gasteiger partial charge in [-0.2, -0.15) is 5.26 Å². The Morgan fingerprint density at radius 2 is 2.10 bits per heavy atom. The number of hydrogen-bond acceptors (Lipinski definition) is 3. The van der Waals surface area contributed by atoms with Crippen LogP contribution in [0.2, 0.25) is 5.02 Å². The maximum atomic E-state index is 13.2. The summed E-state index contributed by atoms with van der Waals surface area (Å²) in [5.74, 6) is -0.683. The number of rotatable bonds is 2. The summed E-state index contributed by atoms with van der Waals surface area (Å²) in [6.07, 6.45) is 0. The maximum absolute atomic E-state index is 13.2. The zero-order valence-electron chi connectivity index (χ0n) is 10.7. The van der Waals surface area contributed by atoms with E-state index in [4.69, 9.17) is 16.9 Å². The summed E-state index contributed by atoms with van der Waals surface area (Å²) in [5.41, 5.74) is 2.02. The van der Waals surface area contributed by atoms with Crippen molar-refractivity contribution >= 4 is 28.9 Å². The zero-order chi connectivity index (χ0) is 15.0. The van der Waals surface area contributed by atoms with Crippen LogP contribution in [-0.2, 0) is 4.79 Å². The van der Waals surface area contributed by atoms with E-state index >= 15 is 0 Å². The number of halogens is 2. The Bertz CT molecular complexity index is 785. The summed E-state index contributed by atoms with van der Waals surface area (Å²) in [6, 6.07) is 10.3. The van der Waals surface area contributed by atoms with Crippen LogP contribution in [0.25, 0.3) is 0 Å². The largest absolute Gasteiger partial charge is 0.370 e. The lowest BCUT2D eigenvalue weighted by atomic mass is 10.1. The molecule has 1 aliphatic heterocycles. The zero-order valence-corrected chi connectivity index (χ0v) is 11.4. The fraction of sp³-hybridized carbons (Fsp3) is 0.0667. The molecule has 1 unspecified atom stereocenters. The molecule has 1 aliphatic rings. The lowest BCUT2D eigenvalue weighted by Gasteiger charge is -2.13. The number of hydrogen-bond donors (Lipinski definition) is 2. The number of amides is 1. The number of anilines is 2. The molecule has 0 aliphatic carbocycles. The minimum atomic E-state index is -0.631. The third-order valence-electron chi connectivity index (χ3n) is 3.24. The highest BCUT2D eigenvalue weighted by atomic mass is 35.5. The van der Waals surface area contributed by atoms with Crippen LogP contribution in [0.4, 0.5) is 15.8 Å². The minimum absolute atomic E-state index is 0.274. The third kappa shape index (κ3) is 2.41. The Morgan fingerprint density at radius 3 is 2.86 bits per heavy atom. The van der Waals surface area contributed by atoms with Gasteiger partial charge < -0.3 is 10.6 Å². The van der Waals surface area contributed by atoms with Gasteiger partial charge in [0.2, 0.25) is 0 Å². The number of carbonyl (C=O) groups is 1. The molecule has 1 atom stereocenters. The number of benzene rings is 2. The molecule has 1 amide bonds. The Labute approximate surface area is 125 Å². The Kier molecular flexibility index (Phi) is 3.24. The molecule has 2 aromatic rings. The molecule has 21 heavy (non-hydrogen) atoms. The molecule has 0 fully saturated rings. The summed E-state index contributed by atoms with van der Waals surface area (Å²) < 4.78 is 13.2. The van der Waals surface area contributed by atoms with Crippen LogP contribution in [-0.4, -0.2) is 5.91 Å². The van der Waals surface area contributed by atoms with E-state index < -0.39 is 11.9 Å². The van der Waals surface area contributed by atoms with Crippen molar-refractivity contribution in [2.24, 2.45) is 0 Å². The van der Waals surface area contributed by atoms with Gasteiger partial charge in [-0.05, 0) is 30.3 Å². The molecular formula is C15H9ClFN3O. The second-order valence-electron chi connectivity index (χ2n) is 4.60. The fourth-order valence-corrected chi connectivity index (χ4v) is 2.41. The number of nitrogens with zero attached hydrogens (tertiary/aromatic N) is 1. The van der Waals surface area contributed by atoms with Gasteiger partial charge in [0.1, 0.15) is 17.9 Å². The van der Waals surface area contributed by atoms with Gasteiger partial charge in [-0.3, -0.25) is 4.79 Å². The smallest absolute Gasteiger partial charge is 0.251 e. The van der Waals surface area contributed by atoms with Crippen molar-refractivity contribution in [3.63, 3.8) is 0 Å². The maximum Gasteiger partial charge on any atom is 0.251 e. The summed E-state index contributed by atoms with van der Waals surface area (Å²) in [5, 5.41) is 14.9. The van der Waals surface area contributed by atoms with Gasteiger partial charge in [-0.15, -0.1) is 0 Å². The van der Waals surface area contributed by atoms with Crippen molar-refractivity contribution in [1.82, 2.24) is 0 Å². The summed E-state index contributed by atoms with van der Waals surface area (Å²) in [7, 11) is 0. The van der Waals surface area contributed by atoms with E-state index in [1.54, 1.807) is 24.3 Å². The highest BCUT2D eigenvalue weighted by Crippen LogP contribution is 2.34. The lowest BCUT2D eigenvalue weighted by Crippen LogP contribution is -2.19. The second-order valence-corrected chi connectivity index (χ2v) is 5.01. The predicted octanol–water partition coefficient (Wildman–Crippen LogP) is 3.46. The molecule has 2 N–H and O–H groups in total. The Balaban J connectivity index is 1.93. The van der Waals surface area contributed by atoms with Crippen LogP contribution in [0.3, 0.4) is 0 Å². The highest BCUT2D eigenvalue weighted by molar-refractivity contribution is 6.31. The van der Waals surface area contributed by atoms with E-state index in [9.17, 15) is 9.18 Å². The molecule has 0 saturated carbocycles. The lowest BCUT2D eigenvalue weighted by molar-refractivity contribution is -0.116. The first kappa shape index (κ1) is 13.4. The molecule has 2 aromatic carbocycles. The molecule has 0 bridgehead atoms. The second kappa shape index (κ2) is 5.08. The van der Waals surface area contributed by atoms with Crippen molar-refractivity contribution in [3.05, 3.63) is 58.4 Å². The van der Waals surface area contributed by atoms with Crippen molar-refractivity contribution in [3.8, 4) is 6.07 Å². The summed E-state index contributed by atoms with van der Waals surface area (Å²) in [4.78, 5) is 12.0. The summed E-state index contributed by atoms with van der Waals surface area (Å²) >= 11 is 5.87. The van der Waals surface area contributed by atoms with Crippen LogP contribution in [0, 0.1) is 17.1 Å². The first-order valence-electron chi connectivity index (χ1n) is 6.15. The molecule has 0 saturated heterocycles. The number of fused-ring (bicyclic) bond motifs is 1. The van der Waals surface area contributed by atoms with E-state index in [-0.39, 0.29) is 5.91 Å². The standard InChI is InChI=1S/C15H9ClFN3O/c16-12-4-2-10(5-8(12)7-18)19-14-11-3-1-9(17)6-13(11)20-15(14)21/h1-6,14,19H,(H,20,21). The minimum Gasteiger partial charge on any atom is -0.370 e. The van der Waals surface area contributed by atoms with Crippen molar-refractivity contribution in [1.29, 1.82) is 5.26 Å². The van der Waals surface area contributed by atoms with E-state index in [1.165, 1.54) is 12.1 Å². The number of nitriles is 1. The molecule has 0 spiro atoms. The molecule has 6 heteroatoms. The van der Waals surface area contributed by atoms with E-state index in [0.29, 0.717) is 27.5 Å². The topological polar surface area (TPSA) is 64.9 Å². The van der Waals surface area contributed by atoms with E-state index in [0.717, 1.165) is 0 Å². The first-order valence-corrected chi connectivity index (χ1v) is 6.53. The van der Waals surface area contributed by atoms with Crippen molar-refractivity contribution in [2.75, 3.05) is 10.6 Å². The first-order chi connectivity index (χ1) is 10.1. The number of carbonyl (C=O) groups excluding carboxylic acids is 1. The Hall–Kier alpha value is -2.58. The molecule has 104 valence electrons.